The molecule has 1 saturated carbocycles. The number of aryl methyl sites for hydroxylation is 1. The number of hydrogen-bond donors (Lipinski definition) is 1. The molecule has 4 nitrogen and oxygen atoms in total. The maximum absolute atomic E-state index is 11.6. The monoisotopic (exact) mass is 246 g/mol. The first kappa shape index (κ1) is 11.5. The summed E-state index contributed by atoms with van der Waals surface area (Å²) in [7, 11) is 0. The van der Waals surface area contributed by atoms with Crippen LogP contribution >= 0.6 is 0 Å². The maximum Gasteiger partial charge on any atom is 0.419 e. The van der Waals surface area contributed by atoms with Gasteiger partial charge in [-0.05, 0) is 37.5 Å². The van der Waals surface area contributed by atoms with Gasteiger partial charge in [-0.3, -0.25) is 4.57 Å². The molecule has 0 radical (unpaired) electrons. The Kier molecular flexibility index (Phi) is 2.55. The summed E-state index contributed by atoms with van der Waals surface area (Å²) in [5.41, 5.74) is 8.85. The highest BCUT2D eigenvalue weighted by atomic mass is 16.4. The molecule has 0 amide bonds. The number of benzene rings is 1. The molecule has 0 atom stereocenters. The normalized spacial score (nSPS) is 18.6. The van der Waals surface area contributed by atoms with Crippen molar-refractivity contribution in [1.82, 2.24) is 4.57 Å². The fraction of sp³-hybridized carbons (Fsp3) is 0.500. The molecule has 1 aromatic heterocycles. The highest BCUT2D eigenvalue weighted by Crippen LogP contribution is 2.37. The standard InChI is InChI=1S/C14H18N2O2/c1-2-16-11-9-10(14(15)7-3-4-8-14)5-6-12(11)18-13(16)17/h5-6,9H,2-4,7-8,15H2,1H3. The molecule has 3 rings (SSSR count). The van der Waals surface area contributed by atoms with Crippen molar-refractivity contribution in [1.29, 1.82) is 0 Å². The number of oxazole rings is 1. The molecule has 0 bridgehead atoms. The van der Waals surface area contributed by atoms with E-state index in [0.29, 0.717) is 12.1 Å². The first-order valence-electron chi connectivity index (χ1n) is 6.57. The lowest BCUT2D eigenvalue weighted by atomic mass is 9.89. The second-order valence-corrected chi connectivity index (χ2v) is 5.16. The lowest BCUT2D eigenvalue weighted by molar-refractivity contribution is 0.462. The van der Waals surface area contributed by atoms with Crippen molar-refractivity contribution in [3.8, 4) is 0 Å². The summed E-state index contributed by atoms with van der Waals surface area (Å²) in [6.07, 6.45) is 4.40. The van der Waals surface area contributed by atoms with E-state index < -0.39 is 0 Å². The predicted molar refractivity (Wildman–Crippen MR) is 70.5 cm³/mol. The van der Waals surface area contributed by atoms with Crippen molar-refractivity contribution in [2.75, 3.05) is 0 Å². The van der Waals surface area contributed by atoms with Crippen LogP contribution in [-0.2, 0) is 12.1 Å². The summed E-state index contributed by atoms with van der Waals surface area (Å²) in [6, 6.07) is 5.89. The fourth-order valence-corrected chi connectivity index (χ4v) is 2.97. The Balaban J connectivity index is 2.18. The van der Waals surface area contributed by atoms with E-state index in [2.05, 4.69) is 0 Å². The van der Waals surface area contributed by atoms with E-state index in [9.17, 15) is 4.79 Å². The van der Waals surface area contributed by atoms with Crippen LogP contribution in [0.5, 0.6) is 0 Å². The largest absolute Gasteiger partial charge is 0.419 e. The van der Waals surface area contributed by atoms with E-state index in [1.54, 1.807) is 4.57 Å². The van der Waals surface area contributed by atoms with Crippen LogP contribution in [0.2, 0.25) is 0 Å². The SMILES string of the molecule is CCn1c(=O)oc2ccc(C3(N)CCCC3)cc21. The smallest absolute Gasteiger partial charge is 0.408 e. The van der Waals surface area contributed by atoms with E-state index in [-0.39, 0.29) is 11.3 Å². The van der Waals surface area contributed by atoms with Crippen LogP contribution in [0.3, 0.4) is 0 Å². The Bertz CT molecular complexity index is 633. The Morgan fingerprint density at radius 3 is 2.78 bits per heavy atom. The average molecular weight is 246 g/mol. The zero-order chi connectivity index (χ0) is 12.8. The summed E-state index contributed by atoms with van der Waals surface area (Å²) < 4.78 is 6.86. The summed E-state index contributed by atoms with van der Waals surface area (Å²) in [6.45, 7) is 2.56. The Hall–Kier alpha value is -1.55. The summed E-state index contributed by atoms with van der Waals surface area (Å²) in [4.78, 5) is 11.6. The van der Waals surface area contributed by atoms with Crippen LogP contribution in [0.25, 0.3) is 11.1 Å². The van der Waals surface area contributed by atoms with Gasteiger partial charge in [0.15, 0.2) is 5.58 Å². The van der Waals surface area contributed by atoms with Crippen molar-refractivity contribution in [2.24, 2.45) is 5.73 Å². The molecule has 1 fully saturated rings. The number of fused-ring (bicyclic) bond motifs is 1. The van der Waals surface area contributed by atoms with Crippen molar-refractivity contribution >= 4 is 11.1 Å². The number of rotatable bonds is 2. The molecule has 1 aromatic carbocycles. The van der Waals surface area contributed by atoms with Gasteiger partial charge in [-0.25, -0.2) is 4.79 Å². The summed E-state index contributed by atoms with van der Waals surface area (Å²) in [5, 5.41) is 0. The van der Waals surface area contributed by atoms with Crippen LogP contribution in [0.15, 0.2) is 27.4 Å². The van der Waals surface area contributed by atoms with Gasteiger partial charge in [0.05, 0.1) is 5.52 Å². The molecule has 1 aliphatic rings. The van der Waals surface area contributed by atoms with Gasteiger partial charge in [-0.2, -0.15) is 0 Å². The zero-order valence-corrected chi connectivity index (χ0v) is 10.6. The highest BCUT2D eigenvalue weighted by Gasteiger charge is 2.31. The van der Waals surface area contributed by atoms with Crippen molar-refractivity contribution in [3.05, 3.63) is 34.3 Å². The highest BCUT2D eigenvalue weighted by molar-refractivity contribution is 5.74. The molecular weight excluding hydrogens is 228 g/mol. The summed E-state index contributed by atoms with van der Waals surface area (Å²) in [5.74, 6) is -0.290. The molecule has 0 aliphatic heterocycles. The lowest BCUT2D eigenvalue weighted by Crippen LogP contribution is -2.33. The molecule has 96 valence electrons. The van der Waals surface area contributed by atoms with E-state index in [1.807, 2.05) is 25.1 Å². The Morgan fingerprint density at radius 2 is 2.11 bits per heavy atom. The third kappa shape index (κ3) is 1.60. The minimum Gasteiger partial charge on any atom is -0.408 e. The van der Waals surface area contributed by atoms with Crippen LogP contribution in [0.4, 0.5) is 0 Å². The van der Waals surface area contributed by atoms with E-state index in [4.69, 9.17) is 10.2 Å². The van der Waals surface area contributed by atoms with Gasteiger partial charge in [0.25, 0.3) is 0 Å². The average Bonchev–Trinajstić information content (AvgIpc) is 2.92. The van der Waals surface area contributed by atoms with Crippen LogP contribution < -0.4 is 11.5 Å². The molecule has 0 unspecified atom stereocenters. The van der Waals surface area contributed by atoms with Crippen LogP contribution in [-0.4, -0.2) is 4.57 Å². The fourth-order valence-electron chi connectivity index (χ4n) is 2.97. The second kappa shape index (κ2) is 3.99. The van der Waals surface area contributed by atoms with Gasteiger partial charge in [0.1, 0.15) is 0 Å². The first-order chi connectivity index (χ1) is 8.64. The molecule has 0 spiro atoms. The Labute approximate surface area is 105 Å². The van der Waals surface area contributed by atoms with Gasteiger partial charge < -0.3 is 10.2 Å². The number of hydrogen-bond acceptors (Lipinski definition) is 3. The van der Waals surface area contributed by atoms with E-state index >= 15 is 0 Å². The van der Waals surface area contributed by atoms with Gasteiger partial charge in [0.2, 0.25) is 0 Å². The molecule has 18 heavy (non-hydrogen) atoms. The number of nitrogens with two attached hydrogens (primary N) is 1. The lowest BCUT2D eigenvalue weighted by Gasteiger charge is -2.24. The molecule has 4 heteroatoms. The zero-order valence-electron chi connectivity index (χ0n) is 10.6. The topological polar surface area (TPSA) is 61.2 Å². The summed E-state index contributed by atoms with van der Waals surface area (Å²) >= 11 is 0. The van der Waals surface area contributed by atoms with Gasteiger partial charge in [0, 0.05) is 12.1 Å². The molecule has 2 N–H and O–H groups in total. The predicted octanol–water partition coefficient (Wildman–Crippen LogP) is 2.34. The molecule has 0 saturated heterocycles. The van der Waals surface area contributed by atoms with Gasteiger partial charge in [-0.15, -0.1) is 0 Å². The maximum atomic E-state index is 11.6. The van der Waals surface area contributed by atoms with Crippen molar-refractivity contribution < 1.29 is 4.42 Å². The quantitative estimate of drug-likeness (QED) is 0.884. The number of nitrogens with zero attached hydrogens (tertiary/aromatic N) is 1. The third-order valence-corrected chi connectivity index (χ3v) is 4.05. The molecule has 1 aliphatic carbocycles. The molecule has 1 heterocycles. The van der Waals surface area contributed by atoms with Gasteiger partial charge in [-0.1, -0.05) is 18.9 Å². The van der Waals surface area contributed by atoms with Crippen molar-refractivity contribution in [3.63, 3.8) is 0 Å². The van der Waals surface area contributed by atoms with Crippen molar-refractivity contribution in [2.45, 2.75) is 44.7 Å². The molecule has 2 aromatic rings. The molecular formula is C14H18N2O2. The van der Waals surface area contributed by atoms with Crippen LogP contribution in [0, 0.1) is 0 Å². The minimum atomic E-state index is -0.290. The number of aromatic nitrogens is 1. The van der Waals surface area contributed by atoms with Gasteiger partial charge >= 0.3 is 5.76 Å². The van der Waals surface area contributed by atoms with E-state index in [0.717, 1.165) is 23.9 Å². The second-order valence-electron chi connectivity index (χ2n) is 5.16. The van der Waals surface area contributed by atoms with E-state index in [1.165, 1.54) is 12.8 Å². The van der Waals surface area contributed by atoms with Crippen LogP contribution in [0.1, 0.15) is 38.2 Å². The minimum absolute atomic E-state index is 0.222. The first-order valence-corrected chi connectivity index (χ1v) is 6.57. The Morgan fingerprint density at radius 1 is 1.39 bits per heavy atom. The third-order valence-electron chi connectivity index (χ3n) is 4.05.